The van der Waals surface area contributed by atoms with Crippen molar-refractivity contribution in [3.05, 3.63) is 94.8 Å². The highest BCUT2D eigenvalue weighted by Gasteiger charge is 2.21. The molecule has 5 heteroatoms. The number of para-hydroxylation sites is 3. The minimum absolute atomic E-state index is 0.185. The highest BCUT2D eigenvalue weighted by molar-refractivity contribution is 5.97. The first-order chi connectivity index (χ1) is 15.0. The smallest absolute Gasteiger partial charge is 0.255 e. The van der Waals surface area contributed by atoms with Crippen molar-refractivity contribution >= 4 is 16.9 Å². The molecule has 158 valence electrons. The Morgan fingerprint density at radius 1 is 1.06 bits per heavy atom. The van der Waals surface area contributed by atoms with Gasteiger partial charge < -0.3 is 14.6 Å². The zero-order valence-corrected chi connectivity index (χ0v) is 18.3. The van der Waals surface area contributed by atoms with Gasteiger partial charge in [0.25, 0.3) is 5.91 Å². The summed E-state index contributed by atoms with van der Waals surface area (Å²) in [7, 11) is 1.57. The molecule has 4 rings (SSSR count). The number of aryl methyl sites for hydroxylation is 2. The van der Waals surface area contributed by atoms with Gasteiger partial charge in [0.1, 0.15) is 11.6 Å². The fourth-order valence-electron chi connectivity index (χ4n) is 3.90. The van der Waals surface area contributed by atoms with E-state index < -0.39 is 0 Å². The van der Waals surface area contributed by atoms with Gasteiger partial charge in [0.2, 0.25) is 0 Å². The highest BCUT2D eigenvalue weighted by Crippen LogP contribution is 2.25. The second-order valence-electron chi connectivity index (χ2n) is 7.87. The Balaban J connectivity index is 1.70. The summed E-state index contributed by atoms with van der Waals surface area (Å²) in [5.74, 6) is 1.19. The van der Waals surface area contributed by atoms with Gasteiger partial charge in [-0.2, -0.15) is 0 Å². The molecule has 1 aromatic heterocycles. The predicted molar refractivity (Wildman–Crippen MR) is 124 cm³/mol. The Bertz CT molecular complexity index is 1240. The van der Waals surface area contributed by atoms with E-state index >= 15 is 0 Å². The number of nitrogens with one attached hydrogen (secondary N) is 1. The normalized spacial score (nSPS) is 12.0. The monoisotopic (exact) mass is 413 g/mol. The Hall–Kier alpha value is -3.60. The highest BCUT2D eigenvalue weighted by atomic mass is 16.5. The number of amides is 1. The summed E-state index contributed by atoms with van der Waals surface area (Å²) in [4.78, 5) is 17.8. The van der Waals surface area contributed by atoms with Crippen LogP contribution in [0.5, 0.6) is 5.75 Å². The van der Waals surface area contributed by atoms with Gasteiger partial charge in [-0.3, -0.25) is 4.79 Å². The number of rotatable bonds is 6. The molecule has 0 saturated heterocycles. The third kappa shape index (κ3) is 4.17. The Kier molecular flexibility index (Phi) is 5.76. The number of benzene rings is 3. The van der Waals surface area contributed by atoms with Crippen LogP contribution in [0.15, 0.2) is 66.7 Å². The van der Waals surface area contributed by atoms with Crippen molar-refractivity contribution < 1.29 is 9.53 Å². The van der Waals surface area contributed by atoms with Crippen LogP contribution in [0.3, 0.4) is 0 Å². The summed E-state index contributed by atoms with van der Waals surface area (Å²) in [5.41, 5.74) is 6.18. The molecule has 0 spiro atoms. The van der Waals surface area contributed by atoms with Crippen molar-refractivity contribution in [2.45, 2.75) is 33.4 Å². The summed E-state index contributed by atoms with van der Waals surface area (Å²) >= 11 is 0. The number of carbonyl (C=O) groups is 1. The van der Waals surface area contributed by atoms with E-state index in [-0.39, 0.29) is 11.9 Å². The number of ether oxygens (including phenoxy) is 1. The first-order valence-corrected chi connectivity index (χ1v) is 10.4. The van der Waals surface area contributed by atoms with Crippen molar-refractivity contribution in [2.75, 3.05) is 7.11 Å². The van der Waals surface area contributed by atoms with Crippen molar-refractivity contribution in [3.8, 4) is 5.75 Å². The number of imidazole rings is 1. The van der Waals surface area contributed by atoms with Gasteiger partial charge in [0, 0.05) is 6.54 Å². The third-order valence-corrected chi connectivity index (χ3v) is 5.60. The van der Waals surface area contributed by atoms with Crippen molar-refractivity contribution in [3.63, 3.8) is 0 Å². The van der Waals surface area contributed by atoms with Crippen LogP contribution in [0, 0.1) is 13.8 Å². The largest absolute Gasteiger partial charge is 0.496 e. The fraction of sp³-hybridized carbons (Fsp3) is 0.231. The van der Waals surface area contributed by atoms with Gasteiger partial charge in [-0.15, -0.1) is 0 Å². The summed E-state index contributed by atoms with van der Waals surface area (Å²) in [6, 6.07) is 21.5. The Morgan fingerprint density at radius 3 is 2.61 bits per heavy atom. The molecule has 3 aromatic carbocycles. The number of aromatic nitrogens is 2. The van der Waals surface area contributed by atoms with E-state index in [1.807, 2.05) is 37.3 Å². The van der Waals surface area contributed by atoms with E-state index in [0.717, 1.165) is 16.9 Å². The lowest BCUT2D eigenvalue weighted by Gasteiger charge is -2.18. The lowest BCUT2D eigenvalue weighted by Crippen LogP contribution is -2.29. The van der Waals surface area contributed by atoms with Gasteiger partial charge in [-0.05, 0) is 56.2 Å². The first kappa shape index (κ1) is 20.7. The summed E-state index contributed by atoms with van der Waals surface area (Å²) < 4.78 is 7.55. The minimum atomic E-state index is -0.282. The topological polar surface area (TPSA) is 56.1 Å². The van der Waals surface area contributed by atoms with Crippen molar-refractivity contribution in [2.24, 2.45) is 0 Å². The van der Waals surface area contributed by atoms with Gasteiger partial charge >= 0.3 is 0 Å². The van der Waals surface area contributed by atoms with E-state index in [1.165, 1.54) is 16.7 Å². The average Bonchev–Trinajstić information content (AvgIpc) is 3.14. The molecular formula is C26H27N3O2. The van der Waals surface area contributed by atoms with E-state index in [1.54, 1.807) is 19.2 Å². The molecule has 0 bridgehead atoms. The van der Waals surface area contributed by atoms with Crippen LogP contribution in [0.25, 0.3) is 11.0 Å². The maximum Gasteiger partial charge on any atom is 0.255 e. The van der Waals surface area contributed by atoms with E-state index in [9.17, 15) is 4.79 Å². The quantitative estimate of drug-likeness (QED) is 0.473. The first-order valence-electron chi connectivity index (χ1n) is 10.4. The number of hydrogen-bond donors (Lipinski definition) is 1. The van der Waals surface area contributed by atoms with E-state index in [0.29, 0.717) is 17.9 Å². The average molecular weight is 414 g/mol. The molecule has 1 N–H and O–H groups in total. The van der Waals surface area contributed by atoms with Crippen LogP contribution in [0.1, 0.15) is 45.8 Å². The summed E-state index contributed by atoms with van der Waals surface area (Å²) in [6.45, 7) is 6.89. The molecule has 0 saturated carbocycles. The SMILES string of the molecule is COc1ccccc1C(=O)NC(C)c1nc2ccccc2n1Cc1cc(C)ccc1C. The maximum absolute atomic E-state index is 13.0. The second kappa shape index (κ2) is 8.64. The molecule has 1 heterocycles. The molecule has 1 unspecified atom stereocenters. The summed E-state index contributed by atoms with van der Waals surface area (Å²) in [6.07, 6.45) is 0. The molecule has 5 nitrogen and oxygen atoms in total. The lowest BCUT2D eigenvalue weighted by molar-refractivity contribution is 0.0934. The standard InChI is InChI=1S/C26H27N3O2/c1-17-13-14-18(2)20(15-17)16-29-23-11-7-6-10-22(23)28-25(29)19(3)27-26(30)21-9-5-8-12-24(21)31-4/h5-15,19H,16H2,1-4H3,(H,27,30). The van der Waals surface area contributed by atoms with Gasteiger partial charge in [0.15, 0.2) is 0 Å². The van der Waals surface area contributed by atoms with Gasteiger partial charge in [-0.1, -0.05) is 48.0 Å². The number of fused-ring (bicyclic) bond motifs is 1. The zero-order valence-electron chi connectivity index (χ0n) is 18.3. The second-order valence-corrected chi connectivity index (χ2v) is 7.87. The van der Waals surface area contributed by atoms with Crippen molar-refractivity contribution in [1.29, 1.82) is 0 Å². The van der Waals surface area contributed by atoms with E-state index in [4.69, 9.17) is 9.72 Å². The molecule has 1 amide bonds. The zero-order chi connectivity index (χ0) is 22.0. The number of nitrogens with zero attached hydrogens (tertiary/aromatic N) is 2. The Morgan fingerprint density at radius 2 is 1.81 bits per heavy atom. The molecule has 0 radical (unpaired) electrons. The molecule has 0 aliphatic carbocycles. The van der Waals surface area contributed by atoms with Gasteiger partial charge in [0.05, 0.1) is 29.7 Å². The third-order valence-electron chi connectivity index (χ3n) is 5.60. The number of methoxy groups -OCH3 is 1. The van der Waals surface area contributed by atoms with Crippen LogP contribution >= 0.6 is 0 Å². The van der Waals surface area contributed by atoms with Gasteiger partial charge in [-0.25, -0.2) is 4.98 Å². The predicted octanol–water partition coefficient (Wildman–Crippen LogP) is 5.20. The molecule has 0 aliphatic rings. The van der Waals surface area contributed by atoms with Crippen molar-refractivity contribution in [1.82, 2.24) is 14.9 Å². The summed E-state index contributed by atoms with van der Waals surface area (Å²) in [5, 5.41) is 3.10. The molecule has 1 atom stereocenters. The number of hydrogen-bond acceptors (Lipinski definition) is 3. The molecule has 0 fully saturated rings. The van der Waals surface area contributed by atoms with Crippen LogP contribution in [0.2, 0.25) is 0 Å². The Labute approximate surface area is 182 Å². The number of carbonyl (C=O) groups excluding carboxylic acids is 1. The van der Waals surface area contributed by atoms with Crippen LogP contribution in [-0.2, 0) is 6.54 Å². The maximum atomic E-state index is 13.0. The molecule has 31 heavy (non-hydrogen) atoms. The molecule has 4 aromatic rings. The lowest BCUT2D eigenvalue weighted by atomic mass is 10.1. The minimum Gasteiger partial charge on any atom is -0.496 e. The van der Waals surface area contributed by atoms with Crippen LogP contribution < -0.4 is 10.1 Å². The molecular weight excluding hydrogens is 386 g/mol. The van der Waals surface area contributed by atoms with E-state index in [2.05, 4.69) is 48.0 Å². The molecule has 0 aliphatic heterocycles. The van der Waals surface area contributed by atoms with Crippen LogP contribution in [-0.4, -0.2) is 22.6 Å². The van der Waals surface area contributed by atoms with Crippen LogP contribution in [0.4, 0.5) is 0 Å². The fourth-order valence-corrected chi connectivity index (χ4v) is 3.90.